The topological polar surface area (TPSA) is 82.1 Å². The van der Waals surface area contributed by atoms with E-state index in [0.29, 0.717) is 17.1 Å². The van der Waals surface area contributed by atoms with Crippen LogP contribution in [0.2, 0.25) is 0 Å². The van der Waals surface area contributed by atoms with Gasteiger partial charge in [0.2, 0.25) is 5.75 Å². The molecule has 1 rings (SSSR count). The first-order valence-electron chi connectivity index (χ1n) is 5.48. The molecule has 0 bridgehead atoms. The molecule has 0 radical (unpaired) electrons. The van der Waals surface area contributed by atoms with Crippen LogP contribution in [0.25, 0.3) is 0 Å². The molecule has 0 aliphatic heterocycles. The zero-order valence-corrected chi connectivity index (χ0v) is 12.2. The standard InChI is InChI=1S/C12H18O6S/c1-16-10-6-5-8(9(13)7-19(4,14)15)11(17-2)12(10)18-3/h5-6,9,13H,7H2,1-4H3. The van der Waals surface area contributed by atoms with Crippen molar-refractivity contribution >= 4 is 9.84 Å². The van der Waals surface area contributed by atoms with Gasteiger partial charge in [-0.05, 0) is 12.1 Å². The minimum absolute atomic E-state index is 0.262. The Hall–Kier alpha value is -1.47. The Morgan fingerprint density at radius 3 is 2.11 bits per heavy atom. The Kier molecular flexibility index (Phi) is 5.02. The third-order valence-electron chi connectivity index (χ3n) is 2.55. The van der Waals surface area contributed by atoms with E-state index >= 15 is 0 Å². The fourth-order valence-corrected chi connectivity index (χ4v) is 2.52. The number of aliphatic hydroxyl groups is 1. The summed E-state index contributed by atoms with van der Waals surface area (Å²) in [5.74, 6) is 0.626. The predicted molar refractivity (Wildman–Crippen MR) is 70.8 cm³/mol. The van der Waals surface area contributed by atoms with Gasteiger partial charge in [-0.2, -0.15) is 0 Å². The average Bonchev–Trinajstić information content (AvgIpc) is 2.34. The Morgan fingerprint density at radius 2 is 1.68 bits per heavy atom. The van der Waals surface area contributed by atoms with Gasteiger partial charge in [0, 0.05) is 11.8 Å². The van der Waals surface area contributed by atoms with Crippen LogP contribution in [-0.4, -0.2) is 46.9 Å². The lowest BCUT2D eigenvalue weighted by Gasteiger charge is -2.18. The molecule has 1 aromatic rings. The van der Waals surface area contributed by atoms with Crippen molar-refractivity contribution in [2.24, 2.45) is 0 Å². The molecule has 0 aliphatic carbocycles. The zero-order valence-electron chi connectivity index (χ0n) is 11.3. The third kappa shape index (κ3) is 3.74. The molecule has 6 nitrogen and oxygen atoms in total. The van der Waals surface area contributed by atoms with Gasteiger partial charge in [0.15, 0.2) is 11.5 Å². The average molecular weight is 290 g/mol. The quantitative estimate of drug-likeness (QED) is 0.834. The summed E-state index contributed by atoms with van der Waals surface area (Å²) >= 11 is 0. The van der Waals surface area contributed by atoms with Crippen LogP contribution in [0.5, 0.6) is 17.2 Å². The lowest BCUT2D eigenvalue weighted by atomic mass is 10.1. The summed E-state index contributed by atoms with van der Waals surface area (Å²) in [6.45, 7) is 0. The van der Waals surface area contributed by atoms with Gasteiger partial charge in [-0.1, -0.05) is 0 Å². The molecule has 0 aromatic heterocycles. The molecule has 0 aliphatic rings. The van der Waals surface area contributed by atoms with E-state index in [2.05, 4.69) is 0 Å². The van der Waals surface area contributed by atoms with Crippen LogP contribution in [0.4, 0.5) is 0 Å². The summed E-state index contributed by atoms with van der Waals surface area (Å²) in [6.07, 6.45) is -0.131. The number of methoxy groups -OCH3 is 3. The van der Waals surface area contributed by atoms with E-state index in [1.807, 2.05) is 0 Å². The lowest BCUT2D eigenvalue weighted by molar-refractivity contribution is 0.195. The van der Waals surface area contributed by atoms with E-state index < -0.39 is 21.7 Å². The van der Waals surface area contributed by atoms with Gasteiger partial charge in [0.1, 0.15) is 9.84 Å². The van der Waals surface area contributed by atoms with Crippen molar-refractivity contribution in [2.75, 3.05) is 33.3 Å². The van der Waals surface area contributed by atoms with Crippen molar-refractivity contribution < 1.29 is 27.7 Å². The van der Waals surface area contributed by atoms with Gasteiger partial charge in [0.05, 0.1) is 33.2 Å². The summed E-state index contributed by atoms with van der Waals surface area (Å²) in [6, 6.07) is 3.14. The van der Waals surface area contributed by atoms with Crippen LogP contribution in [0.15, 0.2) is 12.1 Å². The van der Waals surface area contributed by atoms with Gasteiger partial charge in [0.25, 0.3) is 0 Å². The van der Waals surface area contributed by atoms with Crippen molar-refractivity contribution in [3.05, 3.63) is 17.7 Å². The number of aliphatic hydroxyl groups excluding tert-OH is 1. The third-order valence-corrected chi connectivity index (χ3v) is 3.48. The summed E-state index contributed by atoms with van der Waals surface area (Å²) in [5, 5.41) is 10.00. The maximum absolute atomic E-state index is 11.2. The predicted octanol–water partition coefficient (Wildman–Crippen LogP) is 0.790. The van der Waals surface area contributed by atoms with E-state index in [1.54, 1.807) is 12.1 Å². The van der Waals surface area contributed by atoms with E-state index in [1.165, 1.54) is 21.3 Å². The lowest BCUT2D eigenvalue weighted by Crippen LogP contribution is -2.14. The first-order valence-corrected chi connectivity index (χ1v) is 7.54. The maximum atomic E-state index is 11.2. The number of ether oxygens (including phenoxy) is 3. The molecule has 0 saturated carbocycles. The number of hydrogen-bond acceptors (Lipinski definition) is 6. The molecular weight excluding hydrogens is 272 g/mol. The minimum Gasteiger partial charge on any atom is -0.493 e. The molecule has 1 N–H and O–H groups in total. The highest BCUT2D eigenvalue weighted by molar-refractivity contribution is 7.90. The summed E-state index contributed by atoms with van der Waals surface area (Å²) in [5.41, 5.74) is 0.338. The number of benzene rings is 1. The van der Waals surface area contributed by atoms with Gasteiger partial charge in [-0.25, -0.2) is 8.42 Å². The van der Waals surface area contributed by atoms with Crippen molar-refractivity contribution in [2.45, 2.75) is 6.10 Å². The normalized spacial score (nSPS) is 12.9. The number of sulfone groups is 1. The van der Waals surface area contributed by atoms with Crippen molar-refractivity contribution in [1.29, 1.82) is 0 Å². The second kappa shape index (κ2) is 6.12. The molecule has 0 spiro atoms. The molecule has 19 heavy (non-hydrogen) atoms. The second-order valence-corrected chi connectivity index (χ2v) is 6.22. The highest BCUT2D eigenvalue weighted by atomic mass is 32.2. The molecule has 1 atom stereocenters. The SMILES string of the molecule is COc1ccc(C(O)CS(C)(=O)=O)c(OC)c1OC. The highest BCUT2D eigenvalue weighted by Crippen LogP contribution is 2.42. The van der Waals surface area contributed by atoms with Crippen LogP contribution >= 0.6 is 0 Å². The van der Waals surface area contributed by atoms with Crippen LogP contribution in [0, 0.1) is 0 Å². The molecule has 0 saturated heterocycles. The monoisotopic (exact) mass is 290 g/mol. The van der Waals surface area contributed by atoms with E-state index in [4.69, 9.17) is 14.2 Å². The largest absolute Gasteiger partial charge is 0.493 e. The first kappa shape index (κ1) is 15.6. The first-order chi connectivity index (χ1) is 8.84. The second-order valence-electron chi connectivity index (χ2n) is 4.03. The fraction of sp³-hybridized carbons (Fsp3) is 0.500. The Balaban J connectivity index is 3.28. The Labute approximate surface area is 112 Å². The molecule has 1 aromatic carbocycles. The van der Waals surface area contributed by atoms with Crippen LogP contribution < -0.4 is 14.2 Å². The molecule has 0 fully saturated rings. The zero-order chi connectivity index (χ0) is 14.6. The molecule has 1 unspecified atom stereocenters. The fourth-order valence-electron chi connectivity index (χ4n) is 1.76. The van der Waals surface area contributed by atoms with Crippen molar-refractivity contribution in [1.82, 2.24) is 0 Å². The minimum atomic E-state index is -3.31. The van der Waals surface area contributed by atoms with Crippen LogP contribution in [-0.2, 0) is 9.84 Å². The number of rotatable bonds is 6. The van der Waals surface area contributed by atoms with Gasteiger partial charge < -0.3 is 19.3 Å². The summed E-state index contributed by atoms with van der Waals surface area (Å²) < 4.78 is 37.9. The molecule has 0 heterocycles. The van der Waals surface area contributed by atoms with E-state index in [0.717, 1.165) is 6.26 Å². The highest BCUT2D eigenvalue weighted by Gasteiger charge is 2.23. The summed E-state index contributed by atoms with van der Waals surface area (Å²) in [4.78, 5) is 0. The number of hydrogen-bond donors (Lipinski definition) is 1. The van der Waals surface area contributed by atoms with Crippen LogP contribution in [0.1, 0.15) is 11.7 Å². The summed E-state index contributed by atoms with van der Waals surface area (Å²) in [7, 11) is 1.01. The van der Waals surface area contributed by atoms with Gasteiger partial charge in [-0.15, -0.1) is 0 Å². The molecular formula is C12H18O6S. The maximum Gasteiger partial charge on any atom is 0.203 e. The van der Waals surface area contributed by atoms with Gasteiger partial charge >= 0.3 is 0 Å². The van der Waals surface area contributed by atoms with Crippen molar-refractivity contribution in [3.63, 3.8) is 0 Å². The van der Waals surface area contributed by atoms with Gasteiger partial charge in [-0.3, -0.25) is 0 Å². The van der Waals surface area contributed by atoms with E-state index in [9.17, 15) is 13.5 Å². The Bertz CT molecular complexity index is 537. The van der Waals surface area contributed by atoms with Crippen LogP contribution in [0.3, 0.4) is 0 Å². The molecule has 0 amide bonds. The molecule has 7 heteroatoms. The smallest absolute Gasteiger partial charge is 0.203 e. The van der Waals surface area contributed by atoms with Crippen molar-refractivity contribution in [3.8, 4) is 17.2 Å². The molecule has 108 valence electrons. The van der Waals surface area contributed by atoms with E-state index in [-0.39, 0.29) is 5.75 Å². The Morgan fingerprint density at radius 1 is 1.11 bits per heavy atom.